The summed E-state index contributed by atoms with van der Waals surface area (Å²) in [5, 5.41) is 12.1. The van der Waals surface area contributed by atoms with Gasteiger partial charge in [-0.15, -0.1) is 11.3 Å². The number of ether oxygens (including phenoxy) is 1. The lowest BCUT2D eigenvalue weighted by Crippen LogP contribution is -2.15. The molecule has 1 aliphatic rings. The molecule has 35 heavy (non-hydrogen) atoms. The predicted octanol–water partition coefficient (Wildman–Crippen LogP) is 4.85. The third-order valence-electron chi connectivity index (χ3n) is 6.09. The van der Waals surface area contributed by atoms with Crippen LogP contribution in [0.25, 0.3) is 27.5 Å². The summed E-state index contributed by atoms with van der Waals surface area (Å²) in [5.41, 5.74) is 5.06. The third kappa shape index (κ3) is 3.87. The van der Waals surface area contributed by atoms with Gasteiger partial charge in [-0.05, 0) is 53.8 Å². The number of phenols is 1. The molecule has 7 nitrogen and oxygen atoms in total. The summed E-state index contributed by atoms with van der Waals surface area (Å²) >= 11 is 1.35. The highest BCUT2D eigenvalue weighted by atomic mass is 32.1. The number of pyridine rings is 1. The molecular formula is C27H19N3O4S. The van der Waals surface area contributed by atoms with Gasteiger partial charge in [0, 0.05) is 23.0 Å². The lowest BCUT2D eigenvalue weighted by atomic mass is 10.0. The van der Waals surface area contributed by atoms with Gasteiger partial charge in [-0.25, -0.2) is 14.8 Å². The number of nitrogens with zero attached hydrogens (tertiary/aromatic N) is 3. The molecule has 172 valence electrons. The summed E-state index contributed by atoms with van der Waals surface area (Å²) in [5.74, 6) is -0.248. The fourth-order valence-electron chi connectivity index (χ4n) is 4.46. The van der Waals surface area contributed by atoms with Gasteiger partial charge in [-0.1, -0.05) is 30.3 Å². The van der Waals surface area contributed by atoms with E-state index >= 15 is 0 Å². The Balaban J connectivity index is 1.37. The molecule has 0 bridgehead atoms. The molecule has 3 aromatic heterocycles. The zero-order valence-corrected chi connectivity index (χ0v) is 19.3. The fraction of sp³-hybridized carbons (Fsp3) is 0.111. The maximum atomic E-state index is 13.4. The van der Waals surface area contributed by atoms with Crippen LogP contribution in [0.15, 0.2) is 71.0 Å². The molecule has 2 aromatic carbocycles. The van der Waals surface area contributed by atoms with Gasteiger partial charge in [0.25, 0.3) is 5.56 Å². The third-order valence-corrected chi connectivity index (χ3v) is 6.84. The molecule has 0 radical (unpaired) electrons. The van der Waals surface area contributed by atoms with Crippen molar-refractivity contribution in [3.05, 3.63) is 105 Å². The molecule has 0 aliphatic heterocycles. The maximum Gasteiger partial charge on any atom is 0.339 e. The average molecular weight is 482 g/mol. The molecule has 5 aromatic rings. The van der Waals surface area contributed by atoms with Gasteiger partial charge >= 0.3 is 5.97 Å². The van der Waals surface area contributed by atoms with Crippen molar-refractivity contribution in [1.82, 2.24) is 14.4 Å². The van der Waals surface area contributed by atoms with Crippen LogP contribution in [-0.4, -0.2) is 25.4 Å². The van der Waals surface area contributed by atoms with Gasteiger partial charge in [-0.3, -0.25) is 9.20 Å². The number of aromatic nitrogens is 3. The van der Waals surface area contributed by atoms with Crippen LogP contribution in [0.1, 0.15) is 39.3 Å². The van der Waals surface area contributed by atoms with E-state index in [1.54, 1.807) is 23.7 Å². The van der Waals surface area contributed by atoms with Crippen molar-refractivity contribution in [2.75, 3.05) is 0 Å². The minimum Gasteiger partial charge on any atom is -0.508 e. The van der Waals surface area contributed by atoms with E-state index < -0.39 is 5.97 Å². The fourth-order valence-corrected chi connectivity index (χ4v) is 5.20. The minimum absolute atomic E-state index is 0.0932. The van der Waals surface area contributed by atoms with Crippen LogP contribution in [-0.2, 0) is 17.8 Å². The minimum atomic E-state index is -0.459. The van der Waals surface area contributed by atoms with Crippen molar-refractivity contribution in [2.45, 2.75) is 19.4 Å². The van der Waals surface area contributed by atoms with E-state index in [1.165, 1.54) is 21.8 Å². The van der Waals surface area contributed by atoms with E-state index in [-0.39, 0.29) is 17.9 Å². The van der Waals surface area contributed by atoms with E-state index in [0.717, 1.165) is 34.2 Å². The number of benzene rings is 2. The molecule has 6 rings (SSSR count). The largest absolute Gasteiger partial charge is 0.508 e. The first-order valence-corrected chi connectivity index (χ1v) is 12.0. The summed E-state index contributed by atoms with van der Waals surface area (Å²) in [6.07, 6.45) is 5.12. The lowest BCUT2D eigenvalue weighted by molar-refractivity contribution is 0.0469. The number of carbonyl (C=O) groups excluding carboxylic acids is 1. The van der Waals surface area contributed by atoms with E-state index in [4.69, 9.17) is 9.72 Å². The Hall–Kier alpha value is -4.30. The van der Waals surface area contributed by atoms with E-state index in [0.29, 0.717) is 28.2 Å². The van der Waals surface area contributed by atoms with Crippen molar-refractivity contribution >= 4 is 44.8 Å². The first-order chi connectivity index (χ1) is 17.1. The number of hydrogen-bond donors (Lipinski definition) is 1. The Morgan fingerprint density at radius 3 is 2.80 bits per heavy atom. The Morgan fingerprint density at radius 2 is 1.94 bits per heavy atom. The number of fused-ring (bicyclic) bond motifs is 3. The van der Waals surface area contributed by atoms with Gasteiger partial charge < -0.3 is 9.84 Å². The quantitative estimate of drug-likeness (QED) is 0.369. The molecule has 0 spiro atoms. The average Bonchev–Trinajstić information content (AvgIpc) is 3.50. The second kappa shape index (κ2) is 8.48. The van der Waals surface area contributed by atoms with Crippen LogP contribution in [0.5, 0.6) is 5.75 Å². The van der Waals surface area contributed by atoms with E-state index in [1.807, 2.05) is 42.5 Å². The van der Waals surface area contributed by atoms with Crippen LogP contribution < -0.4 is 5.56 Å². The zero-order chi connectivity index (χ0) is 23.9. The molecule has 8 heteroatoms. The van der Waals surface area contributed by atoms with Gasteiger partial charge in [0.15, 0.2) is 4.96 Å². The highest BCUT2D eigenvalue weighted by Gasteiger charge is 2.27. The Kier molecular flexibility index (Phi) is 5.15. The first kappa shape index (κ1) is 21.2. The Bertz CT molecular complexity index is 1700. The van der Waals surface area contributed by atoms with E-state index in [2.05, 4.69) is 4.98 Å². The second-order valence-corrected chi connectivity index (χ2v) is 9.18. The number of aromatic hydroxyl groups is 1. The summed E-state index contributed by atoms with van der Waals surface area (Å²) in [7, 11) is 0. The summed E-state index contributed by atoms with van der Waals surface area (Å²) in [4.78, 5) is 35.5. The molecule has 1 N–H and O–H groups in total. The van der Waals surface area contributed by atoms with Gasteiger partial charge in [0.05, 0.1) is 22.5 Å². The molecule has 0 fully saturated rings. The van der Waals surface area contributed by atoms with Gasteiger partial charge in [-0.2, -0.15) is 0 Å². The van der Waals surface area contributed by atoms with Crippen LogP contribution >= 0.6 is 11.3 Å². The zero-order valence-electron chi connectivity index (χ0n) is 18.5. The van der Waals surface area contributed by atoms with Crippen molar-refractivity contribution in [1.29, 1.82) is 0 Å². The van der Waals surface area contributed by atoms with Crippen molar-refractivity contribution in [3.8, 4) is 5.75 Å². The highest BCUT2D eigenvalue weighted by Crippen LogP contribution is 2.38. The molecule has 0 amide bonds. The Morgan fingerprint density at radius 1 is 1.11 bits per heavy atom. The van der Waals surface area contributed by atoms with Crippen molar-refractivity contribution in [3.63, 3.8) is 0 Å². The molecule has 1 aliphatic carbocycles. The molecule has 3 heterocycles. The molecule has 0 saturated heterocycles. The normalized spacial score (nSPS) is 14.0. The van der Waals surface area contributed by atoms with Crippen LogP contribution in [0, 0.1) is 0 Å². The summed E-state index contributed by atoms with van der Waals surface area (Å²) < 4.78 is 7.13. The first-order valence-electron chi connectivity index (χ1n) is 11.1. The topological polar surface area (TPSA) is 93.8 Å². The summed E-state index contributed by atoms with van der Waals surface area (Å²) in [6.45, 7) is -0.0932. The SMILES string of the molecule is O=C(OCc1cc(=O)n2ccsc2n1)c1c2c(nc3ccccc13)/C(=C/c1ccc(O)cc1)CC2. The van der Waals surface area contributed by atoms with Crippen molar-refractivity contribution in [2.24, 2.45) is 0 Å². The van der Waals surface area contributed by atoms with Crippen LogP contribution in [0.2, 0.25) is 0 Å². The monoisotopic (exact) mass is 481 g/mol. The van der Waals surface area contributed by atoms with Crippen molar-refractivity contribution < 1.29 is 14.6 Å². The number of para-hydroxylation sites is 1. The second-order valence-electron chi connectivity index (χ2n) is 8.31. The predicted molar refractivity (Wildman–Crippen MR) is 135 cm³/mol. The maximum absolute atomic E-state index is 13.4. The smallest absolute Gasteiger partial charge is 0.339 e. The number of thiazole rings is 1. The summed E-state index contributed by atoms with van der Waals surface area (Å²) in [6, 6.07) is 15.9. The molecular weight excluding hydrogens is 462 g/mol. The molecule has 0 saturated carbocycles. The molecule has 0 unspecified atom stereocenters. The standard InChI is InChI=1S/C27H19N3O4S/c31-19-8-5-16(6-9-19)13-17-7-10-21-24(20-3-1-2-4-22(20)29-25(17)21)26(33)34-15-18-14-23(32)30-11-12-35-27(30)28-18/h1-6,8-9,11-14,31H,7,10,15H2/b17-13+. The van der Waals surface area contributed by atoms with Gasteiger partial charge in [0.2, 0.25) is 0 Å². The number of rotatable bonds is 4. The van der Waals surface area contributed by atoms with Crippen LogP contribution in [0.4, 0.5) is 0 Å². The van der Waals surface area contributed by atoms with Gasteiger partial charge in [0.1, 0.15) is 12.4 Å². The van der Waals surface area contributed by atoms with Crippen LogP contribution in [0.3, 0.4) is 0 Å². The number of allylic oxidation sites excluding steroid dienone is 1. The number of hydrogen-bond acceptors (Lipinski definition) is 7. The lowest BCUT2D eigenvalue weighted by Gasteiger charge is -2.12. The highest BCUT2D eigenvalue weighted by molar-refractivity contribution is 7.15. The number of esters is 1. The number of phenolic OH excluding ortho intramolecular Hbond substituents is 1. The Labute approximate surface area is 203 Å². The van der Waals surface area contributed by atoms with E-state index in [9.17, 15) is 14.7 Å². The number of carbonyl (C=O) groups is 1. The molecule has 0 atom stereocenters.